The molecule has 0 heterocycles. The molecule has 0 bridgehead atoms. The first-order valence-corrected chi connectivity index (χ1v) is 4.97. The second-order valence-electron chi connectivity index (χ2n) is 2.80. The number of rotatable bonds is 8. The lowest BCUT2D eigenvalue weighted by Crippen LogP contribution is -2.12. The van der Waals surface area contributed by atoms with Gasteiger partial charge in [0, 0.05) is 5.88 Å². The van der Waals surface area contributed by atoms with Gasteiger partial charge < -0.3 is 4.74 Å². The molecule has 0 saturated carbocycles. The van der Waals surface area contributed by atoms with Gasteiger partial charge in [-0.25, -0.2) is 4.79 Å². The summed E-state index contributed by atoms with van der Waals surface area (Å²) in [6.45, 7) is 3.61. The second kappa shape index (κ2) is 8.85. The highest BCUT2D eigenvalue weighted by atomic mass is 35.5. The number of hydrogen-bond acceptors (Lipinski definition) is 2. The summed E-state index contributed by atoms with van der Waals surface area (Å²) in [4.78, 5) is 9.96. The summed E-state index contributed by atoms with van der Waals surface area (Å²) in [5.41, 5.74) is 0. The highest BCUT2D eigenvalue weighted by Gasteiger charge is 2.07. The number of halogens is 1. The van der Waals surface area contributed by atoms with Crippen LogP contribution < -0.4 is 0 Å². The molecule has 0 aliphatic heterocycles. The zero-order chi connectivity index (χ0) is 9.23. The van der Waals surface area contributed by atoms with Crippen molar-refractivity contribution in [3.63, 3.8) is 0 Å². The van der Waals surface area contributed by atoms with Crippen molar-refractivity contribution in [2.75, 3.05) is 5.88 Å². The van der Waals surface area contributed by atoms with Gasteiger partial charge in [0.2, 0.25) is 0 Å². The normalized spacial score (nSPS) is 12.5. The SMILES string of the molecule is CCCCC(CCCCl)O[C]=O. The first-order chi connectivity index (χ1) is 5.85. The Morgan fingerprint density at radius 1 is 1.42 bits per heavy atom. The van der Waals surface area contributed by atoms with Crippen molar-refractivity contribution >= 4 is 18.1 Å². The van der Waals surface area contributed by atoms with E-state index in [4.69, 9.17) is 16.3 Å². The van der Waals surface area contributed by atoms with Gasteiger partial charge in [0.15, 0.2) is 0 Å². The lowest BCUT2D eigenvalue weighted by Gasteiger charge is -2.12. The molecule has 1 radical (unpaired) electrons. The van der Waals surface area contributed by atoms with Gasteiger partial charge in [-0.05, 0) is 19.3 Å². The highest BCUT2D eigenvalue weighted by Crippen LogP contribution is 2.10. The van der Waals surface area contributed by atoms with Crippen LogP contribution in [-0.4, -0.2) is 18.5 Å². The van der Waals surface area contributed by atoms with Gasteiger partial charge in [-0.2, -0.15) is 0 Å². The molecule has 71 valence electrons. The summed E-state index contributed by atoms with van der Waals surface area (Å²) in [7, 11) is 0. The maximum absolute atomic E-state index is 9.96. The summed E-state index contributed by atoms with van der Waals surface area (Å²) >= 11 is 5.53. The molecule has 12 heavy (non-hydrogen) atoms. The molecule has 0 amide bonds. The number of alkyl halides is 1. The van der Waals surface area contributed by atoms with Gasteiger partial charge in [-0.1, -0.05) is 19.8 Å². The van der Waals surface area contributed by atoms with Crippen LogP contribution >= 0.6 is 11.6 Å². The molecule has 0 rings (SSSR count). The van der Waals surface area contributed by atoms with Crippen LogP contribution in [0.4, 0.5) is 0 Å². The number of carbonyl (C=O) groups excluding carboxylic acids is 1. The number of ether oxygens (including phenoxy) is 1. The Kier molecular flexibility index (Phi) is 8.68. The van der Waals surface area contributed by atoms with E-state index >= 15 is 0 Å². The second-order valence-corrected chi connectivity index (χ2v) is 3.17. The molecule has 0 fully saturated rings. The maximum atomic E-state index is 9.96. The van der Waals surface area contributed by atoms with Crippen molar-refractivity contribution in [3.05, 3.63) is 0 Å². The van der Waals surface area contributed by atoms with E-state index in [0.29, 0.717) is 5.88 Å². The minimum Gasteiger partial charge on any atom is -0.454 e. The van der Waals surface area contributed by atoms with Gasteiger partial charge >= 0.3 is 6.47 Å². The Hall–Kier alpha value is -0.240. The molecule has 0 aromatic carbocycles. The van der Waals surface area contributed by atoms with Crippen LogP contribution in [0.5, 0.6) is 0 Å². The van der Waals surface area contributed by atoms with Gasteiger partial charge in [0.1, 0.15) is 6.10 Å². The Balaban J connectivity index is 3.46. The Labute approximate surface area is 79.2 Å². The van der Waals surface area contributed by atoms with E-state index in [-0.39, 0.29) is 6.10 Å². The molecular weight excluding hydrogens is 176 g/mol. The number of unbranched alkanes of at least 4 members (excludes halogenated alkanes) is 1. The first-order valence-electron chi connectivity index (χ1n) is 4.43. The standard InChI is InChI=1S/C9H16ClO2/c1-2-3-5-9(12-8-11)6-4-7-10/h9H,2-7H2,1H3. The minimum atomic E-state index is 0.0289. The lowest BCUT2D eigenvalue weighted by atomic mass is 10.1. The molecule has 0 N–H and O–H groups in total. The van der Waals surface area contributed by atoms with Gasteiger partial charge in [-0.3, -0.25) is 0 Å². The number of hydrogen-bond donors (Lipinski definition) is 0. The third-order valence-electron chi connectivity index (χ3n) is 1.75. The quantitative estimate of drug-likeness (QED) is 0.552. The van der Waals surface area contributed by atoms with Crippen molar-refractivity contribution in [2.45, 2.75) is 45.1 Å². The fourth-order valence-corrected chi connectivity index (χ4v) is 1.22. The van der Waals surface area contributed by atoms with Crippen molar-refractivity contribution < 1.29 is 9.53 Å². The predicted octanol–water partition coefficient (Wildman–Crippen LogP) is 2.65. The van der Waals surface area contributed by atoms with E-state index < -0.39 is 0 Å². The van der Waals surface area contributed by atoms with Crippen LogP contribution in [0.1, 0.15) is 39.0 Å². The summed E-state index contributed by atoms with van der Waals surface area (Å²) in [6.07, 6.45) is 4.94. The monoisotopic (exact) mass is 191 g/mol. The van der Waals surface area contributed by atoms with E-state index in [1.807, 2.05) is 0 Å². The summed E-state index contributed by atoms with van der Waals surface area (Å²) in [5.74, 6) is 0.630. The Morgan fingerprint density at radius 2 is 2.08 bits per heavy atom. The van der Waals surface area contributed by atoms with Crippen molar-refractivity contribution in [2.24, 2.45) is 0 Å². The minimum absolute atomic E-state index is 0.0289. The molecular formula is C9H16ClO2. The molecule has 0 aliphatic rings. The molecule has 3 heteroatoms. The first kappa shape index (κ1) is 11.8. The molecule has 2 nitrogen and oxygen atoms in total. The van der Waals surface area contributed by atoms with Crippen LogP contribution in [0, 0.1) is 0 Å². The van der Waals surface area contributed by atoms with Crippen LogP contribution in [0.15, 0.2) is 0 Å². The van der Waals surface area contributed by atoms with E-state index in [1.54, 1.807) is 0 Å². The van der Waals surface area contributed by atoms with E-state index in [1.165, 1.54) is 6.47 Å². The largest absolute Gasteiger partial charge is 0.454 e. The third kappa shape index (κ3) is 6.47. The molecule has 0 aromatic heterocycles. The fraction of sp³-hybridized carbons (Fsp3) is 0.889. The van der Waals surface area contributed by atoms with Crippen molar-refractivity contribution in [1.29, 1.82) is 0 Å². The predicted molar refractivity (Wildman–Crippen MR) is 50.0 cm³/mol. The van der Waals surface area contributed by atoms with E-state index in [0.717, 1.165) is 32.1 Å². The average molecular weight is 192 g/mol. The van der Waals surface area contributed by atoms with Crippen molar-refractivity contribution in [3.8, 4) is 0 Å². The summed E-state index contributed by atoms with van der Waals surface area (Å²) < 4.78 is 4.78. The molecule has 0 aliphatic carbocycles. The van der Waals surface area contributed by atoms with Gasteiger partial charge in [0.25, 0.3) is 0 Å². The smallest absolute Gasteiger partial charge is 0.417 e. The Bertz CT molecular complexity index is 98.7. The maximum Gasteiger partial charge on any atom is 0.417 e. The van der Waals surface area contributed by atoms with Crippen LogP contribution in [0.3, 0.4) is 0 Å². The molecule has 0 saturated heterocycles. The summed E-state index contributed by atoms with van der Waals surface area (Å²) in [5, 5.41) is 0. The summed E-state index contributed by atoms with van der Waals surface area (Å²) in [6, 6.07) is 0. The van der Waals surface area contributed by atoms with Gasteiger partial charge in [0.05, 0.1) is 0 Å². The highest BCUT2D eigenvalue weighted by molar-refractivity contribution is 6.17. The Morgan fingerprint density at radius 3 is 2.58 bits per heavy atom. The molecule has 0 spiro atoms. The molecule has 1 unspecified atom stereocenters. The topological polar surface area (TPSA) is 26.3 Å². The lowest BCUT2D eigenvalue weighted by molar-refractivity contribution is 0.154. The van der Waals surface area contributed by atoms with Crippen LogP contribution in [0.25, 0.3) is 0 Å². The average Bonchev–Trinajstić information content (AvgIpc) is 2.10. The fourth-order valence-electron chi connectivity index (χ4n) is 1.07. The van der Waals surface area contributed by atoms with Crippen molar-refractivity contribution in [1.82, 2.24) is 0 Å². The van der Waals surface area contributed by atoms with Gasteiger partial charge in [-0.15, -0.1) is 11.6 Å². The van der Waals surface area contributed by atoms with E-state index in [9.17, 15) is 4.79 Å². The zero-order valence-electron chi connectivity index (χ0n) is 7.51. The third-order valence-corrected chi connectivity index (χ3v) is 2.02. The van der Waals surface area contributed by atoms with Crippen LogP contribution in [0.2, 0.25) is 0 Å². The zero-order valence-corrected chi connectivity index (χ0v) is 8.27. The molecule has 1 atom stereocenters. The van der Waals surface area contributed by atoms with E-state index in [2.05, 4.69) is 6.92 Å². The molecule has 0 aromatic rings. The van der Waals surface area contributed by atoms with Crippen LogP contribution in [-0.2, 0) is 9.53 Å².